The van der Waals surface area contributed by atoms with Gasteiger partial charge in [0.1, 0.15) is 5.75 Å². The summed E-state index contributed by atoms with van der Waals surface area (Å²) in [6.45, 7) is 10.3. The first kappa shape index (κ1) is 25.5. The Bertz CT molecular complexity index is 701. The van der Waals surface area contributed by atoms with Crippen molar-refractivity contribution < 1.29 is 4.74 Å². The molecule has 3 nitrogen and oxygen atoms in total. The van der Waals surface area contributed by atoms with E-state index in [-0.39, 0.29) is 24.8 Å². The van der Waals surface area contributed by atoms with E-state index in [9.17, 15) is 0 Å². The zero-order chi connectivity index (χ0) is 18.7. The molecule has 1 heterocycles. The largest absolute Gasteiger partial charge is 0.493 e. The summed E-state index contributed by atoms with van der Waals surface area (Å²) < 4.78 is 6.07. The highest BCUT2D eigenvalue weighted by Crippen LogP contribution is 2.21. The van der Waals surface area contributed by atoms with Gasteiger partial charge in [0.2, 0.25) is 0 Å². The molecule has 0 N–H and O–H groups in total. The van der Waals surface area contributed by atoms with Crippen molar-refractivity contribution in [1.29, 1.82) is 0 Å². The molecule has 0 spiro atoms. The Labute approximate surface area is 188 Å². The highest BCUT2D eigenvalue weighted by atomic mass is 35.5. The lowest BCUT2D eigenvalue weighted by molar-refractivity contribution is 0.134. The number of piperazine rings is 1. The predicted molar refractivity (Wildman–Crippen MR) is 130 cm³/mol. The van der Waals surface area contributed by atoms with Gasteiger partial charge in [0.25, 0.3) is 0 Å². The predicted octanol–water partition coefficient (Wildman–Crippen LogP) is 5.50. The smallest absolute Gasteiger partial charge is 0.126 e. The zero-order valence-electron chi connectivity index (χ0n) is 17.3. The Morgan fingerprint density at radius 3 is 2.17 bits per heavy atom. The fourth-order valence-electron chi connectivity index (χ4n) is 3.45. The molecule has 1 aliphatic rings. The number of rotatable bonds is 9. The molecule has 2 aromatic carbocycles. The molecule has 0 amide bonds. The Balaban J connectivity index is 0.00000210. The summed E-state index contributed by atoms with van der Waals surface area (Å²) in [5.41, 5.74) is 2.34. The van der Waals surface area contributed by atoms with E-state index in [1.165, 1.54) is 51.3 Å². The molecule has 5 heteroatoms. The third-order valence-corrected chi connectivity index (χ3v) is 5.21. The number of para-hydroxylation sites is 1. The second-order valence-corrected chi connectivity index (χ2v) is 7.11. The van der Waals surface area contributed by atoms with Crippen molar-refractivity contribution >= 4 is 37.0 Å². The van der Waals surface area contributed by atoms with Crippen molar-refractivity contribution in [3.8, 4) is 5.75 Å². The molecule has 0 atom stereocenters. The van der Waals surface area contributed by atoms with Crippen LogP contribution in [0.1, 0.15) is 30.9 Å². The van der Waals surface area contributed by atoms with Crippen LogP contribution in [0.25, 0.3) is 12.2 Å². The molecule has 1 fully saturated rings. The van der Waals surface area contributed by atoms with Crippen LogP contribution in [0.5, 0.6) is 5.75 Å². The van der Waals surface area contributed by atoms with Gasteiger partial charge in [0.15, 0.2) is 0 Å². The molecule has 0 saturated carbocycles. The van der Waals surface area contributed by atoms with E-state index in [1.54, 1.807) is 0 Å². The minimum absolute atomic E-state index is 0. The van der Waals surface area contributed by atoms with Crippen molar-refractivity contribution in [3.63, 3.8) is 0 Å². The summed E-state index contributed by atoms with van der Waals surface area (Å²) in [7, 11) is 0. The number of hydrogen-bond acceptors (Lipinski definition) is 3. The number of ether oxygens (including phenoxy) is 1. The lowest BCUT2D eigenvalue weighted by Gasteiger charge is -2.33. The van der Waals surface area contributed by atoms with Gasteiger partial charge in [0.05, 0.1) is 6.61 Å². The minimum atomic E-state index is 0. The van der Waals surface area contributed by atoms with Gasteiger partial charge in [-0.05, 0) is 37.6 Å². The van der Waals surface area contributed by atoms with Crippen LogP contribution in [0.4, 0.5) is 0 Å². The van der Waals surface area contributed by atoms with Gasteiger partial charge in [-0.2, -0.15) is 0 Å². The number of likely N-dealkylation sites (N-methyl/N-ethyl adjacent to an activating group) is 1. The summed E-state index contributed by atoms with van der Waals surface area (Å²) in [5.74, 6) is 0.973. The molecule has 0 radical (unpaired) electrons. The Morgan fingerprint density at radius 2 is 1.45 bits per heavy atom. The van der Waals surface area contributed by atoms with E-state index < -0.39 is 0 Å². The van der Waals surface area contributed by atoms with Crippen LogP contribution in [-0.2, 0) is 0 Å². The van der Waals surface area contributed by atoms with Gasteiger partial charge < -0.3 is 14.5 Å². The van der Waals surface area contributed by atoms with Crippen molar-refractivity contribution in [2.24, 2.45) is 0 Å². The van der Waals surface area contributed by atoms with E-state index in [2.05, 4.69) is 71.3 Å². The number of nitrogens with zero attached hydrogens (tertiary/aromatic N) is 2. The van der Waals surface area contributed by atoms with Crippen LogP contribution >= 0.6 is 24.8 Å². The molecule has 0 aliphatic carbocycles. The van der Waals surface area contributed by atoms with Gasteiger partial charge in [-0.15, -0.1) is 24.8 Å². The van der Waals surface area contributed by atoms with E-state index in [0.717, 1.165) is 24.3 Å². The molecular weight excluding hydrogens is 403 g/mol. The fraction of sp³-hybridized carbons (Fsp3) is 0.417. The molecular formula is C24H34Cl2N2O. The normalized spacial score (nSPS) is 14.9. The molecule has 0 aromatic heterocycles. The number of hydrogen-bond donors (Lipinski definition) is 0. The van der Waals surface area contributed by atoms with Gasteiger partial charge in [0, 0.05) is 31.7 Å². The summed E-state index contributed by atoms with van der Waals surface area (Å²) in [5, 5.41) is 0. The molecule has 160 valence electrons. The van der Waals surface area contributed by atoms with Gasteiger partial charge in [-0.3, -0.25) is 0 Å². The molecule has 0 unspecified atom stereocenters. The summed E-state index contributed by atoms with van der Waals surface area (Å²) >= 11 is 0. The van der Waals surface area contributed by atoms with Crippen molar-refractivity contribution in [2.45, 2.75) is 19.8 Å². The third-order valence-electron chi connectivity index (χ3n) is 5.21. The summed E-state index contributed by atoms with van der Waals surface area (Å²) in [6, 6.07) is 18.7. The van der Waals surface area contributed by atoms with Gasteiger partial charge in [-0.1, -0.05) is 67.6 Å². The van der Waals surface area contributed by atoms with E-state index in [0.29, 0.717) is 0 Å². The van der Waals surface area contributed by atoms with E-state index in [4.69, 9.17) is 4.74 Å². The molecule has 1 aliphatic heterocycles. The zero-order valence-corrected chi connectivity index (χ0v) is 19.0. The Morgan fingerprint density at radius 1 is 0.793 bits per heavy atom. The lowest BCUT2D eigenvalue weighted by atomic mass is 10.1. The van der Waals surface area contributed by atoms with Crippen molar-refractivity contribution in [3.05, 3.63) is 65.7 Å². The first-order chi connectivity index (χ1) is 13.3. The quantitative estimate of drug-likeness (QED) is 0.381. The van der Waals surface area contributed by atoms with Crippen LogP contribution in [0.2, 0.25) is 0 Å². The maximum atomic E-state index is 6.07. The van der Waals surface area contributed by atoms with Gasteiger partial charge in [-0.25, -0.2) is 0 Å². The monoisotopic (exact) mass is 436 g/mol. The average Bonchev–Trinajstić information content (AvgIpc) is 2.74. The van der Waals surface area contributed by atoms with Gasteiger partial charge >= 0.3 is 0 Å². The first-order valence-electron chi connectivity index (χ1n) is 10.2. The van der Waals surface area contributed by atoms with E-state index >= 15 is 0 Å². The second kappa shape index (κ2) is 14.5. The van der Waals surface area contributed by atoms with Crippen molar-refractivity contribution in [2.75, 3.05) is 45.9 Å². The molecule has 2 aromatic rings. The van der Waals surface area contributed by atoms with Crippen LogP contribution in [0, 0.1) is 0 Å². The van der Waals surface area contributed by atoms with Crippen LogP contribution < -0.4 is 4.74 Å². The molecule has 1 saturated heterocycles. The average molecular weight is 437 g/mol. The SMILES string of the molecule is CCN1CCN(CCCCOc2ccccc2/C=C/c2ccccc2)CC1.Cl.Cl. The fourth-order valence-corrected chi connectivity index (χ4v) is 3.45. The minimum Gasteiger partial charge on any atom is -0.493 e. The summed E-state index contributed by atoms with van der Waals surface area (Å²) in [4.78, 5) is 5.11. The Hall–Kier alpha value is -1.52. The van der Waals surface area contributed by atoms with Crippen molar-refractivity contribution in [1.82, 2.24) is 9.80 Å². The highest BCUT2D eigenvalue weighted by Gasteiger charge is 2.14. The number of benzene rings is 2. The number of halogens is 2. The van der Waals surface area contributed by atoms with E-state index in [1.807, 2.05) is 12.1 Å². The maximum Gasteiger partial charge on any atom is 0.126 e. The Kier molecular flexibility index (Phi) is 12.7. The molecule has 29 heavy (non-hydrogen) atoms. The number of unbranched alkanes of at least 4 members (excludes halogenated alkanes) is 1. The molecule has 3 rings (SSSR count). The maximum absolute atomic E-state index is 6.07. The third kappa shape index (κ3) is 8.79. The summed E-state index contributed by atoms with van der Waals surface area (Å²) in [6.07, 6.45) is 6.58. The van der Waals surface area contributed by atoms with Crippen LogP contribution in [0.3, 0.4) is 0 Å². The topological polar surface area (TPSA) is 15.7 Å². The second-order valence-electron chi connectivity index (χ2n) is 7.11. The first-order valence-corrected chi connectivity index (χ1v) is 10.2. The standard InChI is InChI=1S/C24H32N2O.2ClH/c1-2-25-17-19-26(20-18-25)16-8-9-21-27-24-13-7-6-12-23(24)15-14-22-10-4-3-5-11-22;;/h3-7,10-15H,2,8-9,16-21H2,1H3;2*1H/b15-14+;;. The molecule has 0 bridgehead atoms. The highest BCUT2D eigenvalue weighted by molar-refractivity contribution is 5.85. The lowest BCUT2D eigenvalue weighted by Crippen LogP contribution is -2.46. The van der Waals surface area contributed by atoms with Crippen LogP contribution in [0.15, 0.2) is 54.6 Å². The van der Waals surface area contributed by atoms with Crippen LogP contribution in [-0.4, -0.2) is 55.7 Å².